The van der Waals surface area contributed by atoms with Gasteiger partial charge in [-0.15, -0.1) is 0 Å². The average Bonchev–Trinajstić information content (AvgIpc) is 2.28. The molecule has 0 aliphatic heterocycles. The number of aromatic hydroxyl groups is 1. The Balaban J connectivity index is 2.38. The lowest BCUT2D eigenvalue weighted by Crippen LogP contribution is -2.20. The van der Waals surface area contributed by atoms with E-state index >= 15 is 0 Å². The smallest absolute Gasteiger partial charge is 0.131 e. The second kappa shape index (κ2) is 7.28. The fraction of sp³-hybridized carbons (Fsp3) is 0.571. The number of halogens is 1. The maximum absolute atomic E-state index is 13.5. The molecule has 0 amide bonds. The van der Waals surface area contributed by atoms with E-state index in [0.29, 0.717) is 5.56 Å². The Morgan fingerprint density at radius 2 is 2.06 bits per heavy atom. The number of rotatable bonds is 7. The number of benzene rings is 1. The summed E-state index contributed by atoms with van der Waals surface area (Å²) in [6, 6.07) is 4.30. The van der Waals surface area contributed by atoms with Crippen LogP contribution in [0.4, 0.5) is 4.39 Å². The highest BCUT2D eigenvalue weighted by Gasteiger charge is 2.10. The molecular weight excluding hydrogens is 217 g/mol. The van der Waals surface area contributed by atoms with Crippen LogP contribution in [-0.2, 0) is 0 Å². The van der Waals surface area contributed by atoms with E-state index in [0.717, 1.165) is 19.0 Å². The average molecular weight is 239 g/mol. The van der Waals surface area contributed by atoms with Crippen molar-refractivity contribution in [3.05, 3.63) is 29.6 Å². The Hall–Kier alpha value is -1.09. The van der Waals surface area contributed by atoms with Gasteiger partial charge in [-0.05, 0) is 26.0 Å². The van der Waals surface area contributed by atoms with Crippen LogP contribution in [0, 0.1) is 5.82 Å². The molecule has 1 aromatic carbocycles. The largest absolute Gasteiger partial charge is 0.508 e. The summed E-state index contributed by atoms with van der Waals surface area (Å²) in [5, 5.41) is 12.4. The van der Waals surface area contributed by atoms with Crippen LogP contribution in [-0.4, -0.2) is 11.7 Å². The quantitative estimate of drug-likeness (QED) is 0.710. The number of hydrogen-bond donors (Lipinski definition) is 2. The van der Waals surface area contributed by atoms with E-state index in [1.54, 1.807) is 6.07 Å². The summed E-state index contributed by atoms with van der Waals surface area (Å²) in [5.41, 5.74) is 0.610. The van der Waals surface area contributed by atoms with Crippen molar-refractivity contribution in [2.45, 2.75) is 45.6 Å². The van der Waals surface area contributed by atoms with Gasteiger partial charge in [-0.3, -0.25) is 0 Å². The Kier molecular flexibility index (Phi) is 5.98. The zero-order valence-corrected chi connectivity index (χ0v) is 10.7. The molecule has 0 radical (unpaired) electrons. The standard InChI is InChI=1S/C14H22FNO/c1-3-4-5-6-9-16-11(2)13-8-7-12(17)10-14(13)15/h7-8,10-11,16-17H,3-6,9H2,1-2H3. The molecule has 1 rings (SSSR count). The molecule has 0 aliphatic carbocycles. The van der Waals surface area contributed by atoms with Crippen molar-refractivity contribution in [3.8, 4) is 5.75 Å². The van der Waals surface area contributed by atoms with Crippen LogP contribution in [0.3, 0.4) is 0 Å². The fourth-order valence-corrected chi connectivity index (χ4v) is 1.85. The lowest BCUT2D eigenvalue weighted by Gasteiger charge is -2.15. The minimum Gasteiger partial charge on any atom is -0.508 e. The van der Waals surface area contributed by atoms with Crippen molar-refractivity contribution in [1.29, 1.82) is 0 Å². The summed E-state index contributed by atoms with van der Waals surface area (Å²) in [4.78, 5) is 0. The second-order valence-electron chi connectivity index (χ2n) is 4.44. The van der Waals surface area contributed by atoms with Gasteiger partial charge in [0, 0.05) is 17.7 Å². The van der Waals surface area contributed by atoms with Crippen LogP contribution in [0.1, 0.15) is 51.1 Å². The third-order valence-electron chi connectivity index (χ3n) is 2.93. The topological polar surface area (TPSA) is 32.3 Å². The molecule has 17 heavy (non-hydrogen) atoms. The van der Waals surface area contributed by atoms with Crippen LogP contribution >= 0.6 is 0 Å². The zero-order chi connectivity index (χ0) is 12.7. The van der Waals surface area contributed by atoms with Gasteiger partial charge >= 0.3 is 0 Å². The maximum atomic E-state index is 13.5. The highest BCUT2D eigenvalue weighted by atomic mass is 19.1. The van der Waals surface area contributed by atoms with Gasteiger partial charge in [0.1, 0.15) is 11.6 Å². The fourth-order valence-electron chi connectivity index (χ4n) is 1.85. The molecule has 0 aliphatic rings. The summed E-state index contributed by atoms with van der Waals surface area (Å²) in [6.07, 6.45) is 4.82. The molecule has 0 saturated heterocycles. The normalized spacial score (nSPS) is 12.6. The number of phenols is 1. The van der Waals surface area contributed by atoms with E-state index in [4.69, 9.17) is 5.11 Å². The van der Waals surface area contributed by atoms with E-state index in [2.05, 4.69) is 12.2 Å². The van der Waals surface area contributed by atoms with E-state index in [1.807, 2.05) is 6.92 Å². The first-order chi connectivity index (χ1) is 8.15. The zero-order valence-electron chi connectivity index (χ0n) is 10.7. The summed E-state index contributed by atoms with van der Waals surface area (Å²) >= 11 is 0. The van der Waals surface area contributed by atoms with Crippen LogP contribution in [0.2, 0.25) is 0 Å². The van der Waals surface area contributed by atoms with Crippen LogP contribution < -0.4 is 5.32 Å². The van der Waals surface area contributed by atoms with Crippen LogP contribution in [0.25, 0.3) is 0 Å². The van der Waals surface area contributed by atoms with Gasteiger partial charge in [0.25, 0.3) is 0 Å². The molecule has 1 aromatic rings. The van der Waals surface area contributed by atoms with Gasteiger partial charge in [-0.2, -0.15) is 0 Å². The molecule has 96 valence electrons. The molecule has 0 spiro atoms. The molecule has 3 heteroatoms. The van der Waals surface area contributed by atoms with E-state index in [-0.39, 0.29) is 17.6 Å². The van der Waals surface area contributed by atoms with Crippen molar-refractivity contribution in [3.63, 3.8) is 0 Å². The Morgan fingerprint density at radius 3 is 2.71 bits per heavy atom. The molecule has 0 heterocycles. The van der Waals surface area contributed by atoms with Crippen molar-refractivity contribution in [1.82, 2.24) is 5.32 Å². The van der Waals surface area contributed by atoms with Crippen molar-refractivity contribution in [2.75, 3.05) is 6.54 Å². The van der Waals surface area contributed by atoms with E-state index in [1.165, 1.54) is 25.3 Å². The number of phenolic OH excluding ortho intramolecular Hbond substituents is 1. The number of nitrogens with one attached hydrogen (secondary N) is 1. The van der Waals surface area contributed by atoms with Crippen LogP contribution in [0.5, 0.6) is 5.75 Å². The maximum Gasteiger partial charge on any atom is 0.131 e. The Morgan fingerprint density at radius 1 is 1.29 bits per heavy atom. The highest BCUT2D eigenvalue weighted by Crippen LogP contribution is 2.20. The summed E-state index contributed by atoms with van der Waals surface area (Å²) in [5.74, 6) is -0.375. The van der Waals surface area contributed by atoms with Crippen molar-refractivity contribution >= 4 is 0 Å². The van der Waals surface area contributed by atoms with Gasteiger partial charge in [-0.25, -0.2) is 4.39 Å². The predicted molar refractivity (Wildman–Crippen MR) is 68.6 cm³/mol. The first-order valence-electron chi connectivity index (χ1n) is 6.37. The van der Waals surface area contributed by atoms with E-state index in [9.17, 15) is 4.39 Å². The Labute approximate surface area is 103 Å². The molecule has 0 aromatic heterocycles. The highest BCUT2D eigenvalue weighted by molar-refractivity contribution is 5.29. The Bertz CT molecular complexity index is 341. The molecule has 1 unspecified atom stereocenters. The van der Waals surface area contributed by atoms with Gasteiger partial charge in [0.2, 0.25) is 0 Å². The van der Waals surface area contributed by atoms with Gasteiger partial charge in [0.15, 0.2) is 0 Å². The van der Waals surface area contributed by atoms with Crippen molar-refractivity contribution < 1.29 is 9.50 Å². The molecule has 0 bridgehead atoms. The van der Waals surface area contributed by atoms with Gasteiger partial charge in [-0.1, -0.05) is 32.3 Å². The first-order valence-corrected chi connectivity index (χ1v) is 6.37. The molecule has 0 fully saturated rings. The first kappa shape index (κ1) is 14.0. The predicted octanol–water partition coefficient (Wildman–Crippen LogP) is 3.76. The molecule has 2 nitrogen and oxygen atoms in total. The molecular formula is C14H22FNO. The minimum absolute atomic E-state index is 0.0165. The van der Waals surface area contributed by atoms with Crippen molar-refractivity contribution in [2.24, 2.45) is 0 Å². The lowest BCUT2D eigenvalue weighted by atomic mass is 10.1. The monoisotopic (exact) mass is 239 g/mol. The molecule has 1 atom stereocenters. The van der Waals surface area contributed by atoms with Gasteiger partial charge < -0.3 is 10.4 Å². The summed E-state index contributed by atoms with van der Waals surface area (Å²) in [6.45, 7) is 5.03. The molecule has 0 saturated carbocycles. The number of unbranched alkanes of at least 4 members (excludes halogenated alkanes) is 3. The second-order valence-corrected chi connectivity index (χ2v) is 4.44. The molecule has 2 N–H and O–H groups in total. The van der Waals surface area contributed by atoms with Crippen LogP contribution in [0.15, 0.2) is 18.2 Å². The third kappa shape index (κ3) is 4.73. The minimum atomic E-state index is -0.349. The number of hydrogen-bond acceptors (Lipinski definition) is 2. The lowest BCUT2D eigenvalue weighted by molar-refractivity contribution is 0.462. The SMILES string of the molecule is CCCCCCNC(C)c1ccc(O)cc1F. The third-order valence-corrected chi connectivity index (χ3v) is 2.93. The summed E-state index contributed by atoms with van der Waals surface area (Å²) < 4.78 is 13.5. The van der Waals surface area contributed by atoms with E-state index < -0.39 is 0 Å². The van der Waals surface area contributed by atoms with Gasteiger partial charge in [0.05, 0.1) is 0 Å². The summed E-state index contributed by atoms with van der Waals surface area (Å²) in [7, 11) is 0.